The molecule has 0 aliphatic heterocycles. The van der Waals surface area contributed by atoms with Crippen LogP contribution in [-0.2, 0) is 14.3 Å². The molecule has 0 aliphatic rings. The van der Waals surface area contributed by atoms with Crippen molar-refractivity contribution >= 4 is 17.9 Å². The van der Waals surface area contributed by atoms with E-state index in [1.165, 1.54) is 24.3 Å². The zero-order chi connectivity index (χ0) is 25.2. The molecule has 3 unspecified atom stereocenters. The Labute approximate surface area is 194 Å². The average Bonchev–Trinajstić information content (AvgIpc) is 2.71. The van der Waals surface area contributed by atoms with Crippen LogP contribution in [0.5, 0.6) is 5.75 Å². The Balaban J connectivity index is 3.29. The van der Waals surface area contributed by atoms with Gasteiger partial charge in [0.05, 0.1) is 13.2 Å². The second kappa shape index (κ2) is 13.0. The van der Waals surface area contributed by atoms with Gasteiger partial charge in [0, 0.05) is 12.6 Å². The number of benzene rings is 1. The number of alkyl carbamates (subject to hydrolysis) is 1. The van der Waals surface area contributed by atoms with Gasteiger partial charge in [-0.1, -0.05) is 25.5 Å². The molecular weight excluding hydrogens is 430 g/mol. The molecule has 1 aromatic carbocycles. The minimum absolute atomic E-state index is 0.0166. The summed E-state index contributed by atoms with van der Waals surface area (Å²) >= 11 is 0. The summed E-state index contributed by atoms with van der Waals surface area (Å²) in [4.78, 5) is 39.8. The molecule has 0 aliphatic carbocycles. The zero-order valence-electron chi connectivity index (χ0n) is 20.0. The highest BCUT2D eigenvalue weighted by atomic mass is 16.6. The van der Waals surface area contributed by atoms with E-state index in [4.69, 9.17) is 4.74 Å². The molecule has 0 radical (unpaired) electrons. The number of phenols is 1. The third-order valence-electron chi connectivity index (χ3n) is 4.67. The minimum atomic E-state index is -1.40. The van der Waals surface area contributed by atoms with Crippen molar-refractivity contribution in [3.05, 3.63) is 29.8 Å². The van der Waals surface area contributed by atoms with Crippen LogP contribution in [0.1, 0.15) is 59.1 Å². The van der Waals surface area contributed by atoms with E-state index in [0.29, 0.717) is 5.56 Å². The van der Waals surface area contributed by atoms with E-state index in [1.807, 2.05) is 13.8 Å². The minimum Gasteiger partial charge on any atom is -0.508 e. The lowest BCUT2D eigenvalue weighted by Gasteiger charge is -2.34. The van der Waals surface area contributed by atoms with Crippen LogP contribution in [0.25, 0.3) is 0 Å². The van der Waals surface area contributed by atoms with Gasteiger partial charge in [-0.2, -0.15) is 0 Å². The SMILES string of the molecule is CCCC(C)NC(=O)C(c1ccc(O)cc1)N(CCO)C(=O)C(CO)NC(=O)OC(C)(C)C. The topological polar surface area (TPSA) is 148 Å². The van der Waals surface area contributed by atoms with E-state index in [0.717, 1.165) is 17.7 Å². The van der Waals surface area contributed by atoms with Crippen molar-refractivity contribution in [1.29, 1.82) is 0 Å². The second-order valence-corrected chi connectivity index (χ2v) is 8.83. The van der Waals surface area contributed by atoms with Crippen molar-refractivity contribution in [3.8, 4) is 5.75 Å². The lowest BCUT2D eigenvalue weighted by molar-refractivity contribution is -0.144. The quantitative estimate of drug-likeness (QED) is 0.331. The van der Waals surface area contributed by atoms with Crippen LogP contribution in [0.4, 0.5) is 4.79 Å². The Morgan fingerprint density at radius 1 is 1.09 bits per heavy atom. The van der Waals surface area contributed by atoms with Crippen molar-refractivity contribution in [2.75, 3.05) is 19.8 Å². The van der Waals surface area contributed by atoms with Gasteiger partial charge in [0.2, 0.25) is 11.8 Å². The number of hydrogen-bond acceptors (Lipinski definition) is 7. The van der Waals surface area contributed by atoms with Gasteiger partial charge in [-0.05, 0) is 51.8 Å². The molecule has 0 saturated carbocycles. The fourth-order valence-electron chi connectivity index (χ4n) is 3.27. The van der Waals surface area contributed by atoms with Crippen molar-refractivity contribution in [1.82, 2.24) is 15.5 Å². The summed E-state index contributed by atoms with van der Waals surface area (Å²) in [5.74, 6) is -1.27. The molecule has 186 valence electrons. The largest absolute Gasteiger partial charge is 0.508 e. The van der Waals surface area contributed by atoms with Crippen molar-refractivity contribution in [2.45, 2.75) is 71.2 Å². The van der Waals surface area contributed by atoms with Gasteiger partial charge in [-0.15, -0.1) is 0 Å². The molecule has 0 bridgehead atoms. The van der Waals surface area contributed by atoms with Crippen LogP contribution in [0.3, 0.4) is 0 Å². The fourth-order valence-corrected chi connectivity index (χ4v) is 3.27. The Bertz CT molecular complexity index is 777. The smallest absolute Gasteiger partial charge is 0.408 e. The maximum atomic E-state index is 13.3. The van der Waals surface area contributed by atoms with Crippen LogP contribution in [-0.4, -0.2) is 75.6 Å². The molecule has 10 nitrogen and oxygen atoms in total. The molecular formula is C23H37N3O7. The highest BCUT2D eigenvalue weighted by Crippen LogP contribution is 2.24. The highest BCUT2D eigenvalue weighted by molar-refractivity contribution is 5.92. The number of phenolic OH excluding ortho intramolecular Hbond substituents is 1. The zero-order valence-corrected chi connectivity index (χ0v) is 20.0. The number of aromatic hydroxyl groups is 1. The molecule has 0 saturated heterocycles. The Morgan fingerprint density at radius 3 is 2.18 bits per heavy atom. The lowest BCUT2D eigenvalue weighted by Crippen LogP contribution is -2.55. The highest BCUT2D eigenvalue weighted by Gasteiger charge is 2.36. The van der Waals surface area contributed by atoms with Crippen LogP contribution >= 0.6 is 0 Å². The summed E-state index contributed by atoms with van der Waals surface area (Å²) in [6.07, 6.45) is 0.666. The summed E-state index contributed by atoms with van der Waals surface area (Å²) in [5, 5.41) is 34.2. The third-order valence-corrected chi connectivity index (χ3v) is 4.67. The van der Waals surface area contributed by atoms with Gasteiger partial charge in [0.1, 0.15) is 23.4 Å². The Hall–Kier alpha value is -2.85. The van der Waals surface area contributed by atoms with E-state index in [1.54, 1.807) is 20.8 Å². The number of aliphatic hydroxyl groups excluding tert-OH is 2. The number of hydrogen-bond donors (Lipinski definition) is 5. The number of amides is 3. The van der Waals surface area contributed by atoms with E-state index >= 15 is 0 Å². The second-order valence-electron chi connectivity index (χ2n) is 8.83. The first-order chi connectivity index (χ1) is 15.4. The van der Waals surface area contributed by atoms with E-state index in [-0.39, 0.29) is 18.3 Å². The average molecular weight is 468 g/mol. The van der Waals surface area contributed by atoms with Crippen LogP contribution in [0.2, 0.25) is 0 Å². The maximum absolute atomic E-state index is 13.3. The first-order valence-electron chi connectivity index (χ1n) is 11.0. The predicted molar refractivity (Wildman–Crippen MR) is 122 cm³/mol. The maximum Gasteiger partial charge on any atom is 0.408 e. The number of aliphatic hydroxyl groups is 2. The summed E-state index contributed by atoms with van der Waals surface area (Å²) < 4.78 is 5.16. The molecule has 10 heteroatoms. The summed E-state index contributed by atoms with van der Waals surface area (Å²) in [6, 6.07) is 3.03. The van der Waals surface area contributed by atoms with Gasteiger partial charge in [0.15, 0.2) is 0 Å². The molecule has 0 spiro atoms. The van der Waals surface area contributed by atoms with E-state index in [2.05, 4.69) is 10.6 Å². The number of nitrogens with zero attached hydrogens (tertiary/aromatic N) is 1. The molecule has 5 N–H and O–H groups in total. The number of carbonyl (C=O) groups is 3. The van der Waals surface area contributed by atoms with Gasteiger partial charge in [-0.25, -0.2) is 4.79 Å². The van der Waals surface area contributed by atoms with Gasteiger partial charge in [-0.3, -0.25) is 9.59 Å². The predicted octanol–water partition coefficient (Wildman–Crippen LogP) is 1.44. The summed E-state index contributed by atoms with van der Waals surface area (Å²) in [6.45, 7) is 7.37. The van der Waals surface area contributed by atoms with Crippen molar-refractivity contribution < 1.29 is 34.4 Å². The third kappa shape index (κ3) is 9.27. The van der Waals surface area contributed by atoms with E-state index in [9.17, 15) is 29.7 Å². The molecule has 0 heterocycles. The number of nitrogens with one attached hydrogen (secondary N) is 2. The molecule has 3 atom stereocenters. The number of carbonyl (C=O) groups excluding carboxylic acids is 3. The molecule has 33 heavy (non-hydrogen) atoms. The van der Waals surface area contributed by atoms with Gasteiger partial charge in [0.25, 0.3) is 0 Å². The lowest BCUT2D eigenvalue weighted by atomic mass is 10.0. The van der Waals surface area contributed by atoms with Crippen molar-refractivity contribution in [3.63, 3.8) is 0 Å². The van der Waals surface area contributed by atoms with Crippen LogP contribution in [0, 0.1) is 0 Å². The monoisotopic (exact) mass is 467 g/mol. The molecule has 0 fully saturated rings. The molecule has 1 aromatic rings. The van der Waals surface area contributed by atoms with Gasteiger partial charge < -0.3 is 35.6 Å². The molecule has 3 amide bonds. The fraction of sp³-hybridized carbons (Fsp3) is 0.609. The van der Waals surface area contributed by atoms with Crippen molar-refractivity contribution in [2.24, 2.45) is 0 Å². The molecule has 1 rings (SSSR count). The Morgan fingerprint density at radius 2 is 1.70 bits per heavy atom. The molecule has 0 aromatic heterocycles. The summed E-state index contributed by atoms with van der Waals surface area (Å²) in [5.41, 5.74) is -0.424. The van der Waals surface area contributed by atoms with E-state index < -0.39 is 48.8 Å². The van der Waals surface area contributed by atoms with Crippen LogP contribution in [0.15, 0.2) is 24.3 Å². The number of rotatable bonds is 11. The number of ether oxygens (including phenoxy) is 1. The Kier molecular flexibility index (Phi) is 11.1. The van der Waals surface area contributed by atoms with Crippen LogP contribution < -0.4 is 10.6 Å². The summed E-state index contributed by atoms with van der Waals surface area (Å²) in [7, 11) is 0. The standard InChI is InChI=1S/C23H37N3O7/c1-6-7-15(2)24-20(30)19(16-8-10-17(29)11-9-16)26(12-13-27)21(31)18(14-28)25-22(32)33-23(3,4)5/h8-11,15,18-19,27-29H,6-7,12-14H2,1-5H3,(H,24,30)(H,25,32). The normalized spacial score (nSPS) is 14.0. The first kappa shape index (κ1) is 28.2. The first-order valence-corrected chi connectivity index (χ1v) is 11.0. The van der Waals surface area contributed by atoms with Gasteiger partial charge >= 0.3 is 6.09 Å².